The molecule has 0 fully saturated rings. The van der Waals surface area contributed by atoms with Crippen LogP contribution in [0.25, 0.3) is 16.9 Å². The van der Waals surface area contributed by atoms with Crippen molar-refractivity contribution in [3.63, 3.8) is 0 Å². The van der Waals surface area contributed by atoms with Crippen LogP contribution in [-0.4, -0.2) is 4.57 Å². The van der Waals surface area contributed by atoms with Crippen molar-refractivity contribution in [1.82, 2.24) is 4.57 Å². The summed E-state index contributed by atoms with van der Waals surface area (Å²) in [7, 11) is 0. The summed E-state index contributed by atoms with van der Waals surface area (Å²) in [6, 6.07) is 21.0. The summed E-state index contributed by atoms with van der Waals surface area (Å²) in [6.45, 7) is 6.55. The maximum Gasteiger partial charge on any atom is 0.0546 e. The molecule has 0 aliphatic heterocycles. The Hall–Kier alpha value is -1.99. The highest BCUT2D eigenvalue weighted by atomic mass is 35.5. The number of nitrogens with zero attached hydrogens (tertiary/aromatic N) is 1. The standard InChI is InChI=1S/C20H20ClN/c1-14(2)16-9-11-17(12-10-16)22-15(3)8-13-20(22)18-6-4-5-7-19(18)21/h4-14H,1-3H3. The Morgan fingerprint density at radius 2 is 1.55 bits per heavy atom. The average Bonchev–Trinajstić information content (AvgIpc) is 2.89. The molecule has 2 aromatic carbocycles. The maximum absolute atomic E-state index is 6.38. The Balaban J connectivity index is 2.12. The molecule has 0 radical (unpaired) electrons. The van der Waals surface area contributed by atoms with Crippen LogP contribution < -0.4 is 0 Å². The lowest BCUT2D eigenvalue weighted by molar-refractivity contribution is 0.865. The number of hydrogen-bond acceptors (Lipinski definition) is 0. The fourth-order valence-corrected chi connectivity index (χ4v) is 3.00. The predicted molar refractivity (Wildman–Crippen MR) is 95.0 cm³/mol. The Labute approximate surface area is 137 Å². The molecule has 1 nitrogen and oxygen atoms in total. The largest absolute Gasteiger partial charge is 0.314 e. The molecule has 0 N–H and O–H groups in total. The van der Waals surface area contributed by atoms with Gasteiger partial charge < -0.3 is 4.57 Å². The van der Waals surface area contributed by atoms with E-state index in [9.17, 15) is 0 Å². The molecule has 3 aromatic rings. The first-order valence-corrected chi connectivity index (χ1v) is 7.99. The van der Waals surface area contributed by atoms with Crippen molar-refractivity contribution in [2.45, 2.75) is 26.7 Å². The summed E-state index contributed by atoms with van der Waals surface area (Å²) in [5.74, 6) is 0.544. The smallest absolute Gasteiger partial charge is 0.0546 e. The van der Waals surface area contributed by atoms with Gasteiger partial charge in [0, 0.05) is 22.0 Å². The lowest BCUT2D eigenvalue weighted by Crippen LogP contribution is -2.00. The zero-order chi connectivity index (χ0) is 15.7. The molecule has 0 saturated heterocycles. The molecule has 0 bridgehead atoms. The minimum absolute atomic E-state index is 0.544. The van der Waals surface area contributed by atoms with Gasteiger partial charge in [0.1, 0.15) is 0 Å². The lowest BCUT2D eigenvalue weighted by atomic mass is 10.0. The summed E-state index contributed by atoms with van der Waals surface area (Å²) in [5, 5.41) is 0.778. The van der Waals surface area contributed by atoms with E-state index in [0.29, 0.717) is 5.92 Å². The summed E-state index contributed by atoms with van der Waals surface area (Å²) in [5.41, 5.74) is 5.91. The van der Waals surface area contributed by atoms with E-state index >= 15 is 0 Å². The number of halogens is 1. The summed E-state index contributed by atoms with van der Waals surface area (Å²) < 4.78 is 2.26. The third kappa shape index (κ3) is 2.69. The van der Waals surface area contributed by atoms with Crippen molar-refractivity contribution in [3.8, 4) is 16.9 Å². The summed E-state index contributed by atoms with van der Waals surface area (Å²) in [4.78, 5) is 0. The Morgan fingerprint density at radius 3 is 2.18 bits per heavy atom. The summed E-state index contributed by atoms with van der Waals surface area (Å²) >= 11 is 6.38. The molecule has 2 heteroatoms. The molecule has 0 aliphatic rings. The van der Waals surface area contributed by atoms with Crippen LogP contribution in [-0.2, 0) is 0 Å². The van der Waals surface area contributed by atoms with Crippen LogP contribution in [0.1, 0.15) is 31.0 Å². The molecule has 0 unspecified atom stereocenters. The molecule has 1 heterocycles. The number of aromatic nitrogens is 1. The SMILES string of the molecule is Cc1ccc(-c2ccccc2Cl)n1-c1ccc(C(C)C)cc1. The molecule has 0 saturated carbocycles. The lowest BCUT2D eigenvalue weighted by Gasteiger charge is -2.14. The maximum atomic E-state index is 6.38. The van der Waals surface area contributed by atoms with E-state index in [1.165, 1.54) is 16.9 Å². The number of hydrogen-bond donors (Lipinski definition) is 0. The van der Waals surface area contributed by atoms with Crippen molar-refractivity contribution in [2.75, 3.05) is 0 Å². The molecule has 0 spiro atoms. The monoisotopic (exact) mass is 309 g/mol. The second-order valence-corrected chi connectivity index (χ2v) is 6.33. The fraction of sp³-hybridized carbons (Fsp3) is 0.200. The van der Waals surface area contributed by atoms with E-state index in [1.807, 2.05) is 18.2 Å². The molecule has 22 heavy (non-hydrogen) atoms. The van der Waals surface area contributed by atoms with Gasteiger partial charge in [0.05, 0.1) is 5.69 Å². The molecule has 0 atom stereocenters. The normalized spacial score (nSPS) is 11.1. The first kappa shape index (κ1) is 14.9. The Morgan fingerprint density at radius 1 is 0.864 bits per heavy atom. The van der Waals surface area contributed by atoms with Gasteiger partial charge in [0.2, 0.25) is 0 Å². The second kappa shape index (κ2) is 6.02. The highest BCUT2D eigenvalue weighted by molar-refractivity contribution is 6.33. The van der Waals surface area contributed by atoms with Crippen LogP contribution >= 0.6 is 11.6 Å². The fourth-order valence-electron chi connectivity index (χ4n) is 2.77. The topological polar surface area (TPSA) is 4.93 Å². The predicted octanol–water partition coefficient (Wildman–Crippen LogP) is 6.23. The molecule has 112 valence electrons. The van der Waals surface area contributed by atoms with Crippen LogP contribution in [0.3, 0.4) is 0 Å². The van der Waals surface area contributed by atoms with E-state index in [1.54, 1.807) is 0 Å². The van der Waals surface area contributed by atoms with Crippen LogP contribution in [0, 0.1) is 6.92 Å². The van der Waals surface area contributed by atoms with Gasteiger partial charge in [-0.2, -0.15) is 0 Å². The van der Waals surface area contributed by atoms with Gasteiger partial charge in [0.25, 0.3) is 0 Å². The minimum Gasteiger partial charge on any atom is -0.314 e. The minimum atomic E-state index is 0.544. The quantitative estimate of drug-likeness (QED) is 0.540. The number of benzene rings is 2. The highest BCUT2D eigenvalue weighted by Crippen LogP contribution is 2.31. The van der Waals surface area contributed by atoms with Crippen LogP contribution in [0.15, 0.2) is 60.7 Å². The molecule has 0 aliphatic carbocycles. The third-order valence-electron chi connectivity index (χ3n) is 4.04. The molecular formula is C20H20ClN. The van der Waals surface area contributed by atoms with Gasteiger partial charge in [-0.3, -0.25) is 0 Å². The van der Waals surface area contributed by atoms with E-state index < -0.39 is 0 Å². The Bertz CT molecular complexity index is 782. The molecule has 0 amide bonds. The molecular weight excluding hydrogens is 290 g/mol. The van der Waals surface area contributed by atoms with Crippen molar-refractivity contribution in [1.29, 1.82) is 0 Å². The summed E-state index contributed by atoms with van der Waals surface area (Å²) in [6.07, 6.45) is 0. The van der Waals surface area contributed by atoms with Crippen molar-refractivity contribution in [3.05, 3.63) is 76.9 Å². The number of aryl methyl sites for hydroxylation is 1. The number of rotatable bonds is 3. The zero-order valence-corrected chi connectivity index (χ0v) is 13.9. The zero-order valence-electron chi connectivity index (χ0n) is 13.2. The highest BCUT2D eigenvalue weighted by Gasteiger charge is 2.12. The molecule has 3 rings (SSSR count). The van der Waals surface area contributed by atoms with Gasteiger partial charge in [-0.25, -0.2) is 0 Å². The van der Waals surface area contributed by atoms with Gasteiger partial charge in [0.15, 0.2) is 0 Å². The first-order chi connectivity index (χ1) is 10.6. The van der Waals surface area contributed by atoms with Crippen molar-refractivity contribution < 1.29 is 0 Å². The van der Waals surface area contributed by atoms with Gasteiger partial charge in [-0.15, -0.1) is 0 Å². The van der Waals surface area contributed by atoms with Gasteiger partial charge in [-0.1, -0.05) is 55.8 Å². The van der Waals surface area contributed by atoms with Crippen LogP contribution in [0.2, 0.25) is 5.02 Å². The molecule has 1 aromatic heterocycles. The second-order valence-electron chi connectivity index (χ2n) is 5.92. The van der Waals surface area contributed by atoms with E-state index in [4.69, 9.17) is 11.6 Å². The van der Waals surface area contributed by atoms with Gasteiger partial charge >= 0.3 is 0 Å². The Kier molecular flexibility index (Phi) is 4.08. The van der Waals surface area contributed by atoms with Crippen molar-refractivity contribution in [2.24, 2.45) is 0 Å². The van der Waals surface area contributed by atoms with Crippen LogP contribution in [0.5, 0.6) is 0 Å². The van der Waals surface area contributed by atoms with Gasteiger partial charge in [-0.05, 0) is 48.7 Å². The average molecular weight is 310 g/mol. The van der Waals surface area contributed by atoms with Crippen molar-refractivity contribution >= 4 is 11.6 Å². The third-order valence-corrected chi connectivity index (χ3v) is 4.37. The van der Waals surface area contributed by atoms with E-state index in [2.05, 4.69) is 67.8 Å². The first-order valence-electron chi connectivity index (χ1n) is 7.61. The van der Waals surface area contributed by atoms with Crippen LogP contribution in [0.4, 0.5) is 0 Å². The van der Waals surface area contributed by atoms with E-state index in [-0.39, 0.29) is 0 Å². The van der Waals surface area contributed by atoms with E-state index in [0.717, 1.165) is 16.3 Å².